The number of nitrogens with zero attached hydrogens (tertiary/aromatic N) is 1. The molecule has 1 rings (SSSR count). The Labute approximate surface area is 75.8 Å². The summed E-state index contributed by atoms with van der Waals surface area (Å²) in [5, 5.41) is 3.75. The van der Waals surface area contributed by atoms with Gasteiger partial charge in [-0.3, -0.25) is 9.79 Å². The van der Waals surface area contributed by atoms with E-state index in [9.17, 15) is 4.79 Å². The van der Waals surface area contributed by atoms with Crippen molar-refractivity contribution in [3.8, 4) is 0 Å². The van der Waals surface area contributed by atoms with E-state index < -0.39 is 0 Å². The van der Waals surface area contributed by atoms with Crippen LogP contribution in [0.25, 0.3) is 0 Å². The quantitative estimate of drug-likeness (QED) is 0.645. The molecule has 0 bridgehead atoms. The minimum atomic E-state index is -0.229. The van der Waals surface area contributed by atoms with Gasteiger partial charge in [-0.2, -0.15) is 0 Å². The second-order valence-electron chi connectivity index (χ2n) is 2.19. The van der Waals surface area contributed by atoms with Crippen molar-refractivity contribution < 1.29 is 9.53 Å². The highest BCUT2D eigenvalue weighted by atomic mass is 32.2. The molecule has 1 aliphatic heterocycles. The lowest BCUT2D eigenvalue weighted by atomic mass is 10.6. The first-order valence-electron chi connectivity index (χ1n) is 3.89. The third-order valence-electron chi connectivity index (χ3n) is 1.27. The Kier molecular flexibility index (Phi) is 3.93. The van der Waals surface area contributed by atoms with Gasteiger partial charge in [0.1, 0.15) is 6.54 Å². The minimum Gasteiger partial charge on any atom is -0.465 e. The molecule has 0 spiro atoms. The van der Waals surface area contributed by atoms with Gasteiger partial charge < -0.3 is 10.1 Å². The molecule has 0 aromatic carbocycles. The Balaban J connectivity index is 2.12. The van der Waals surface area contributed by atoms with Crippen LogP contribution in [-0.4, -0.2) is 36.6 Å². The molecule has 0 radical (unpaired) electrons. The molecule has 1 heterocycles. The maximum absolute atomic E-state index is 10.9. The number of ether oxygens (including phenoxy) is 1. The van der Waals surface area contributed by atoms with E-state index in [-0.39, 0.29) is 12.5 Å². The van der Waals surface area contributed by atoms with Gasteiger partial charge in [0, 0.05) is 5.75 Å². The average molecular weight is 188 g/mol. The average Bonchev–Trinajstić information content (AvgIpc) is 2.53. The van der Waals surface area contributed by atoms with E-state index >= 15 is 0 Å². The molecule has 4 nitrogen and oxygen atoms in total. The maximum Gasteiger partial charge on any atom is 0.325 e. The number of thioether (sulfide) groups is 1. The van der Waals surface area contributed by atoms with Crippen molar-refractivity contribution in [2.45, 2.75) is 6.92 Å². The number of aliphatic imine (C=N–C) groups is 1. The highest BCUT2D eigenvalue weighted by molar-refractivity contribution is 8.14. The van der Waals surface area contributed by atoms with Gasteiger partial charge in [-0.05, 0) is 6.92 Å². The smallest absolute Gasteiger partial charge is 0.325 e. The van der Waals surface area contributed by atoms with Gasteiger partial charge in [0.15, 0.2) is 5.17 Å². The third kappa shape index (κ3) is 3.13. The molecule has 1 aliphatic rings. The number of hydrogen-bond donors (Lipinski definition) is 1. The highest BCUT2D eigenvalue weighted by Crippen LogP contribution is 2.08. The summed E-state index contributed by atoms with van der Waals surface area (Å²) in [6.45, 7) is 3.29. The molecule has 0 aromatic rings. The number of rotatable bonds is 3. The second-order valence-corrected chi connectivity index (χ2v) is 3.28. The molecule has 1 N–H and O–H groups in total. The lowest BCUT2D eigenvalue weighted by molar-refractivity contribution is -0.141. The van der Waals surface area contributed by atoms with Crippen LogP contribution in [0.4, 0.5) is 0 Å². The number of nitrogens with one attached hydrogen (secondary N) is 1. The predicted octanol–water partition coefficient (Wildman–Crippen LogP) is 0.242. The summed E-state index contributed by atoms with van der Waals surface area (Å²) >= 11 is 1.63. The summed E-state index contributed by atoms with van der Waals surface area (Å²) < 4.78 is 4.74. The van der Waals surface area contributed by atoms with Crippen molar-refractivity contribution >= 4 is 22.9 Å². The maximum atomic E-state index is 10.9. The first-order chi connectivity index (χ1) is 5.83. The van der Waals surface area contributed by atoms with Crippen LogP contribution >= 0.6 is 11.8 Å². The molecule has 0 unspecified atom stereocenters. The first-order valence-corrected chi connectivity index (χ1v) is 4.88. The largest absolute Gasteiger partial charge is 0.465 e. The van der Waals surface area contributed by atoms with E-state index in [1.807, 2.05) is 0 Å². The van der Waals surface area contributed by atoms with E-state index in [4.69, 9.17) is 4.74 Å². The van der Waals surface area contributed by atoms with Crippen molar-refractivity contribution in [2.24, 2.45) is 4.99 Å². The Hall–Kier alpha value is -0.710. The van der Waals surface area contributed by atoms with Gasteiger partial charge in [-0.25, -0.2) is 0 Å². The monoisotopic (exact) mass is 188 g/mol. The standard InChI is InChI=1S/C7H12N2O2S/c1-2-11-6(10)5-9-7-8-3-4-12-7/h2-5H2,1H3,(H,8,9). The van der Waals surface area contributed by atoms with Gasteiger partial charge in [-0.15, -0.1) is 0 Å². The molecule has 68 valence electrons. The number of esters is 1. The summed E-state index contributed by atoms with van der Waals surface area (Å²) in [7, 11) is 0. The Morgan fingerprint density at radius 3 is 3.25 bits per heavy atom. The SMILES string of the molecule is CCOC(=O)CNC1=NCCS1. The van der Waals surface area contributed by atoms with E-state index in [1.165, 1.54) is 0 Å². The lowest BCUT2D eigenvalue weighted by Crippen LogP contribution is -2.27. The van der Waals surface area contributed by atoms with E-state index in [0.717, 1.165) is 17.5 Å². The Bertz CT molecular complexity index is 194. The Morgan fingerprint density at radius 1 is 1.83 bits per heavy atom. The molecule has 0 saturated heterocycles. The van der Waals surface area contributed by atoms with Crippen LogP contribution in [0.1, 0.15) is 6.92 Å². The summed E-state index contributed by atoms with van der Waals surface area (Å²) in [6, 6.07) is 0. The normalized spacial score (nSPS) is 15.6. The van der Waals surface area contributed by atoms with Gasteiger partial charge >= 0.3 is 5.97 Å². The van der Waals surface area contributed by atoms with Crippen molar-refractivity contribution in [1.82, 2.24) is 5.32 Å². The van der Waals surface area contributed by atoms with Crippen molar-refractivity contribution in [1.29, 1.82) is 0 Å². The lowest BCUT2D eigenvalue weighted by Gasteiger charge is -2.03. The van der Waals surface area contributed by atoms with Crippen LogP contribution in [0.3, 0.4) is 0 Å². The topological polar surface area (TPSA) is 50.7 Å². The fourth-order valence-corrected chi connectivity index (χ4v) is 1.53. The summed E-state index contributed by atoms with van der Waals surface area (Å²) in [5.41, 5.74) is 0. The highest BCUT2D eigenvalue weighted by Gasteiger charge is 2.08. The fourth-order valence-electron chi connectivity index (χ4n) is 0.802. The molecule has 12 heavy (non-hydrogen) atoms. The van der Waals surface area contributed by atoms with E-state index in [2.05, 4.69) is 10.3 Å². The fraction of sp³-hybridized carbons (Fsp3) is 0.714. The van der Waals surface area contributed by atoms with E-state index in [0.29, 0.717) is 6.61 Å². The minimum absolute atomic E-state index is 0.222. The number of hydrogen-bond acceptors (Lipinski definition) is 5. The molecular formula is C7H12N2O2S. The Morgan fingerprint density at radius 2 is 2.67 bits per heavy atom. The zero-order valence-electron chi connectivity index (χ0n) is 7.00. The number of carbonyl (C=O) groups excluding carboxylic acids is 1. The van der Waals surface area contributed by atoms with E-state index in [1.54, 1.807) is 18.7 Å². The number of carbonyl (C=O) groups is 1. The molecule has 5 heteroatoms. The predicted molar refractivity (Wildman–Crippen MR) is 49.4 cm³/mol. The molecule has 0 aliphatic carbocycles. The summed E-state index contributed by atoms with van der Waals surface area (Å²) in [6.07, 6.45) is 0. The van der Waals surface area contributed by atoms with Crippen LogP contribution in [-0.2, 0) is 9.53 Å². The molecule has 0 aromatic heterocycles. The van der Waals surface area contributed by atoms with Gasteiger partial charge in [0.2, 0.25) is 0 Å². The first kappa shape index (κ1) is 9.38. The van der Waals surface area contributed by atoms with Crippen LogP contribution in [0.5, 0.6) is 0 Å². The molecule has 0 amide bonds. The van der Waals surface area contributed by atoms with Gasteiger partial charge in [0.25, 0.3) is 0 Å². The summed E-state index contributed by atoms with van der Waals surface area (Å²) in [5.74, 6) is 0.776. The molecule has 0 fully saturated rings. The van der Waals surface area contributed by atoms with Crippen molar-refractivity contribution in [3.05, 3.63) is 0 Å². The van der Waals surface area contributed by atoms with Gasteiger partial charge in [-0.1, -0.05) is 11.8 Å². The molecular weight excluding hydrogens is 176 g/mol. The number of amidine groups is 1. The van der Waals surface area contributed by atoms with Crippen molar-refractivity contribution in [2.75, 3.05) is 25.4 Å². The van der Waals surface area contributed by atoms with Crippen LogP contribution < -0.4 is 5.32 Å². The molecule has 0 saturated carbocycles. The zero-order valence-corrected chi connectivity index (χ0v) is 7.82. The van der Waals surface area contributed by atoms with Crippen molar-refractivity contribution in [3.63, 3.8) is 0 Å². The zero-order chi connectivity index (χ0) is 8.81. The molecule has 0 atom stereocenters. The third-order valence-corrected chi connectivity index (χ3v) is 2.21. The van der Waals surface area contributed by atoms with Crippen LogP contribution in [0.15, 0.2) is 4.99 Å². The van der Waals surface area contributed by atoms with Crippen LogP contribution in [0.2, 0.25) is 0 Å². The van der Waals surface area contributed by atoms with Gasteiger partial charge in [0.05, 0.1) is 13.2 Å². The second kappa shape index (κ2) is 5.03. The van der Waals surface area contributed by atoms with Crippen LogP contribution in [0, 0.1) is 0 Å². The summed E-state index contributed by atoms with van der Waals surface area (Å²) in [4.78, 5) is 15.0.